The molecule has 0 aromatic heterocycles. The van der Waals surface area contributed by atoms with E-state index in [0.29, 0.717) is 0 Å². The van der Waals surface area contributed by atoms with Crippen LogP contribution >= 0.6 is 11.8 Å². The molecule has 2 N–H and O–H groups in total. The number of hydrogen-bond donors (Lipinski definition) is 1. The second kappa shape index (κ2) is 8.85. The molecule has 3 heteroatoms. The van der Waals surface area contributed by atoms with Crippen LogP contribution in [0.25, 0.3) is 0 Å². The van der Waals surface area contributed by atoms with Crippen molar-refractivity contribution in [3.8, 4) is 0 Å². The molecule has 1 fully saturated rings. The molecule has 1 heterocycles. The van der Waals surface area contributed by atoms with Crippen molar-refractivity contribution >= 4 is 11.8 Å². The highest BCUT2D eigenvalue weighted by Gasteiger charge is 2.14. The first-order chi connectivity index (χ1) is 6.33. The van der Waals surface area contributed by atoms with E-state index in [0.717, 1.165) is 5.92 Å². The van der Waals surface area contributed by atoms with Crippen molar-refractivity contribution in [1.29, 1.82) is 0 Å². The molecule has 1 aliphatic heterocycles. The fraction of sp³-hybridized carbons (Fsp3) is 1.00. The van der Waals surface area contributed by atoms with Crippen molar-refractivity contribution in [3.63, 3.8) is 0 Å². The van der Waals surface area contributed by atoms with Crippen LogP contribution in [0, 0.1) is 5.92 Å². The SMILES string of the molecule is CN.CSCCN1CCC(C)CC1. The van der Waals surface area contributed by atoms with E-state index in [1.165, 1.54) is 45.3 Å². The van der Waals surface area contributed by atoms with E-state index in [9.17, 15) is 0 Å². The lowest BCUT2D eigenvalue weighted by molar-refractivity contribution is 0.203. The van der Waals surface area contributed by atoms with Crippen LogP contribution in [-0.4, -0.2) is 43.6 Å². The summed E-state index contributed by atoms with van der Waals surface area (Å²) in [5, 5.41) is 0. The lowest BCUT2D eigenvalue weighted by atomic mass is 9.99. The summed E-state index contributed by atoms with van der Waals surface area (Å²) in [6, 6.07) is 0. The third-order valence-electron chi connectivity index (χ3n) is 2.49. The molecule has 1 saturated heterocycles. The van der Waals surface area contributed by atoms with Crippen molar-refractivity contribution in [2.24, 2.45) is 11.7 Å². The van der Waals surface area contributed by atoms with E-state index >= 15 is 0 Å². The smallest absolute Gasteiger partial charge is 0.00722 e. The first-order valence-electron chi connectivity index (χ1n) is 5.12. The van der Waals surface area contributed by atoms with Crippen molar-refractivity contribution in [2.75, 3.05) is 38.7 Å². The van der Waals surface area contributed by atoms with Gasteiger partial charge in [0.15, 0.2) is 0 Å². The van der Waals surface area contributed by atoms with E-state index in [1.807, 2.05) is 11.8 Å². The predicted molar refractivity (Wildman–Crippen MR) is 63.3 cm³/mol. The number of thioether (sulfide) groups is 1. The van der Waals surface area contributed by atoms with Gasteiger partial charge in [-0.3, -0.25) is 0 Å². The van der Waals surface area contributed by atoms with Gasteiger partial charge in [-0.25, -0.2) is 0 Å². The predicted octanol–water partition coefficient (Wildman–Crippen LogP) is 1.66. The zero-order valence-corrected chi connectivity index (χ0v) is 10.1. The second-order valence-electron chi connectivity index (χ2n) is 3.52. The molecule has 0 aromatic rings. The lowest BCUT2D eigenvalue weighted by Crippen LogP contribution is -2.34. The Bertz CT molecular complexity index is 98.3. The van der Waals surface area contributed by atoms with Crippen LogP contribution < -0.4 is 5.73 Å². The highest BCUT2D eigenvalue weighted by atomic mass is 32.2. The maximum Gasteiger partial charge on any atom is 0.00722 e. The van der Waals surface area contributed by atoms with E-state index < -0.39 is 0 Å². The van der Waals surface area contributed by atoms with Crippen LogP contribution in [-0.2, 0) is 0 Å². The molecule has 0 unspecified atom stereocenters. The molecule has 2 nitrogen and oxygen atoms in total. The summed E-state index contributed by atoms with van der Waals surface area (Å²) in [5.41, 5.74) is 4.50. The first-order valence-corrected chi connectivity index (χ1v) is 6.51. The Morgan fingerprint density at radius 3 is 2.31 bits per heavy atom. The summed E-state index contributed by atoms with van der Waals surface area (Å²) < 4.78 is 0. The van der Waals surface area contributed by atoms with Crippen molar-refractivity contribution in [2.45, 2.75) is 19.8 Å². The molecule has 0 bridgehead atoms. The Hall–Kier alpha value is 0.270. The minimum absolute atomic E-state index is 0.973. The fourth-order valence-electron chi connectivity index (χ4n) is 1.51. The summed E-state index contributed by atoms with van der Waals surface area (Å²) in [7, 11) is 1.50. The molecule has 1 rings (SSSR count). The van der Waals surface area contributed by atoms with Gasteiger partial charge in [0.05, 0.1) is 0 Å². The molecule has 1 aliphatic rings. The minimum Gasteiger partial charge on any atom is -0.333 e. The Morgan fingerprint density at radius 1 is 1.31 bits per heavy atom. The van der Waals surface area contributed by atoms with Crippen molar-refractivity contribution in [1.82, 2.24) is 4.90 Å². The second-order valence-corrected chi connectivity index (χ2v) is 4.50. The average molecular weight is 204 g/mol. The fourth-order valence-corrected chi connectivity index (χ4v) is 1.95. The molecule has 0 aliphatic carbocycles. The summed E-state index contributed by atoms with van der Waals surface area (Å²) in [6.45, 7) is 6.34. The van der Waals surface area contributed by atoms with E-state index in [4.69, 9.17) is 0 Å². The normalized spacial score (nSPS) is 19.4. The van der Waals surface area contributed by atoms with Crippen LogP contribution in [0.3, 0.4) is 0 Å². The van der Waals surface area contributed by atoms with Gasteiger partial charge in [0, 0.05) is 12.3 Å². The summed E-state index contributed by atoms with van der Waals surface area (Å²) in [5.74, 6) is 2.27. The number of likely N-dealkylation sites (tertiary alicyclic amines) is 1. The highest BCUT2D eigenvalue weighted by Crippen LogP contribution is 2.15. The molecule has 0 atom stereocenters. The van der Waals surface area contributed by atoms with Gasteiger partial charge in [0.1, 0.15) is 0 Å². The van der Waals surface area contributed by atoms with Crippen LogP contribution in [0.1, 0.15) is 19.8 Å². The monoisotopic (exact) mass is 204 g/mol. The van der Waals surface area contributed by atoms with E-state index in [2.05, 4.69) is 23.8 Å². The Kier molecular flexibility index (Phi) is 9.03. The van der Waals surface area contributed by atoms with Gasteiger partial charge < -0.3 is 10.6 Å². The molecular formula is C10H24N2S. The summed E-state index contributed by atoms with van der Waals surface area (Å²) >= 11 is 1.95. The van der Waals surface area contributed by atoms with Gasteiger partial charge in [0.2, 0.25) is 0 Å². The Labute approximate surface area is 87.2 Å². The zero-order valence-electron chi connectivity index (χ0n) is 9.25. The van der Waals surface area contributed by atoms with Gasteiger partial charge in [-0.15, -0.1) is 0 Å². The number of piperidine rings is 1. The van der Waals surface area contributed by atoms with Crippen LogP contribution in [0.4, 0.5) is 0 Å². The van der Waals surface area contributed by atoms with Gasteiger partial charge >= 0.3 is 0 Å². The van der Waals surface area contributed by atoms with Crippen molar-refractivity contribution < 1.29 is 0 Å². The van der Waals surface area contributed by atoms with E-state index in [1.54, 1.807) is 0 Å². The number of nitrogens with zero attached hydrogens (tertiary/aromatic N) is 1. The molecule has 0 saturated carbocycles. The largest absolute Gasteiger partial charge is 0.333 e. The molecular weight excluding hydrogens is 180 g/mol. The summed E-state index contributed by atoms with van der Waals surface area (Å²) in [6.07, 6.45) is 5.01. The van der Waals surface area contributed by atoms with Gasteiger partial charge in [-0.05, 0) is 45.2 Å². The van der Waals surface area contributed by atoms with E-state index in [-0.39, 0.29) is 0 Å². The number of rotatable bonds is 3. The molecule has 0 spiro atoms. The zero-order chi connectivity index (χ0) is 10.1. The van der Waals surface area contributed by atoms with Gasteiger partial charge in [-0.1, -0.05) is 6.92 Å². The maximum atomic E-state index is 4.50. The maximum absolute atomic E-state index is 4.50. The number of nitrogens with two attached hydrogens (primary N) is 1. The average Bonchev–Trinajstić information content (AvgIpc) is 2.20. The quantitative estimate of drug-likeness (QED) is 0.758. The third kappa shape index (κ3) is 6.36. The highest BCUT2D eigenvalue weighted by molar-refractivity contribution is 7.98. The third-order valence-corrected chi connectivity index (χ3v) is 3.08. The molecule has 0 amide bonds. The molecule has 0 radical (unpaired) electrons. The Balaban J connectivity index is 0.000000671. The topological polar surface area (TPSA) is 29.3 Å². The Morgan fingerprint density at radius 2 is 1.85 bits per heavy atom. The van der Waals surface area contributed by atoms with Crippen molar-refractivity contribution in [3.05, 3.63) is 0 Å². The lowest BCUT2D eigenvalue weighted by Gasteiger charge is -2.29. The van der Waals surface area contributed by atoms with Crippen LogP contribution in [0.15, 0.2) is 0 Å². The first kappa shape index (κ1) is 13.3. The minimum atomic E-state index is 0.973. The van der Waals surface area contributed by atoms with Gasteiger partial charge in [0.25, 0.3) is 0 Å². The molecule has 80 valence electrons. The molecule has 0 aromatic carbocycles. The standard InChI is InChI=1S/C9H19NS.CH5N/c1-9-3-5-10(6-4-9)7-8-11-2;1-2/h9H,3-8H2,1-2H3;2H2,1H3. The van der Waals surface area contributed by atoms with Crippen LogP contribution in [0.5, 0.6) is 0 Å². The van der Waals surface area contributed by atoms with Gasteiger partial charge in [-0.2, -0.15) is 11.8 Å². The number of hydrogen-bond acceptors (Lipinski definition) is 3. The molecule has 13 heavy (non-hydrogen) atoms. The summed E-state index contributed by atoms with van der Waals surface area (Å²) in [4.78, 5) is 2.59. The van der Waals surface area contributed by atoms with Crippen LogP contribution in [0.2, 0.25) is 0 Å².